The number of carbonyl (C=O) groups is 2. The molecule has 0 aliphatic heterocycles. The van der Waals surface area contributed by atoms with E-state index in [1.54, 1.807) is 0 Å². The SMILES string of the molecule is CCC(C)[C@H](N)C(=O)N[C@H](C(=O)OC)C(C)CC.Cl. The predicted octanol–water partition coefficient (Wildman–Crippen LogP) is 1.49. The molecule has 1 amide bonds. The molecule has 0 aromatic rings. The van der Waals surface area contributed by atoms with Gasteiger partial charge in [0.25, 0.3) is 0 Å². The van der Waals surface area contributed by atoms with Crippen LogP contribution in [0.25, 0.3) is 0 Å². The van der Waals surface area contributed by atoms with Crippen LogP contribution in [0.5, 0.6) is 0 Å². The predicted molar refractivity (Wildman–Crippen MR) is 78.1 cm³/mol. The van der Waals surface area contributed by atoms with Gasteiger partial charge < -0.3 is 15.8 Å². The molecule has 0 fully saturated rings. The van der Waals surface area contributed by atoms with Crippen LogP contribution in [0.15, 0.2) is 0 Å². The standard InChI is InChI=1S/C13H26N2O3.ClH/c1-6-8(3)10(14)12(16)15-11(9(4)7-2)13(17)18-5;/h8-11H,6-7,14H2,1-5H3,(H,15,16);1H/t8?,9?,10-,11-;/m0./s1. The number of halogens is 1. The van der Waals surface area contributed by atoms with E-state index in [4.69, 9.17) is 10.5 Å². The fraction of sp³-hybridized carbons (Fsp3) is 0.846. The molecule has 0 saturated heterocycles. The highest BCUT2D eigenvalue weighted by atomic mass is 35.5. The highest BCUT2D eigenvalue weighted by molar-refractivity contribution is 5.87. The topological polar surface area (TPSA) is 81.4 Å². The number of hydrogen-bond acceptors (Lipinski definition) is 4. The van der Waals surface area contributed by atoms with Crippen LogP contribution in [0.3, 0.4) is 0 Å². The van der Waals surface area contributed by atoms with Crippen molar-refractivity contribution in [1.82, 2.24) is 5.32 Å². The van der Waals surface area contributed by atoms with Crippen LogP contribution in [0.2, 0.25) is 0 Å². The number of nitrogens with one attached hydrogen (secondary N) is 1. The number of nitrogens with two attached hydrogens (primary N) is 1. The fourth-order valence-corrected chi connectivity index (χ4v) is 1.56. The lowest BCUT2D eigenvalue weighted by atomic mass is 9.96. The molecule has 6 heteroatoms. The summed E-state index contributed by atoms with van der Waals surface area (Å²) in [7, 11) is 1.32. The van der Waals surface area contributed by atoms with Crippen molar-refractivity contribution in [3.05, 3.63) is 0 Å². The van der Waals surface area contributed by atoms with Gasteiger partial charge in [-0.1, -0.05) is 40.5 Å². The van der Waals surface area contributed by atoms with E-state index in [0.717, 1.165) is 12.8 Å². The molecule has 2 unspecified atom stereocenters. The minimum Gasteiger partial charge on any atom is -0.467 e. The van der Waals surface area contributed by atoms with Gasteiger partial charge in [0.1, 0.15) is 6.04 Å². The fourth-order valence-electron chi connectivity index (χ4n) is 1.56. The van der Waals surface area contributed by atoms with Crippen molar-refractivity contribution in [2.45, 2.75) is 52.6 Å². The lowest BCUT2D eigenvalue weighted by Gasteiger charge is -2.25. The van der Waals surface area contributed by atoms with Gasteiger partial charge in [-0.15, -0.1) is 12.4 Å². The summed E-state index contributed by atoms with van der Waals surface area (Å²) >= 11 is 0. The molecule has 0 aromatic heterocycles. The average Bonchev–Trinajstić information content (AvgIpc) is 2.40. The largest absolute Gasteiger partial charge is 0.467 e. The van der Waals surface area contributed by atoms with E-state index in [-0.39, 0.29) is 30.2 Å². The van der Waals surface area contributed by atoms with Crippen LogP contribution in [0, 0.1) is 11.8 Å². The maximum absolute atomic E-state index is 12.0. The summed E-state index contributed by atoms with van der Waals surface area (Å²) in [6.45, 7) is 7.75. The number of amides is 1. The zero-order chi connectivity index (χ0) is 14.3. The molecule has 0 bridgehead atoms. The minimum absolute atomic E-state index is 0. The zero-order valence-corrected chi connectivity index (χ0v) is 13.3. The summed E-state index contributed by atoms with van der Waals surface area (Å²) in [5.74, 6) is -0.611. The minimum atomic E-state index is -0.623. The smallest absolute Gasteiger partial charge is 0.328 e. The van der Waals surface area contributed by atoms with Crippen LogP contribution in [0.4, 0.5) is 0 Å². The number of carbonyl (C=O) groups excluding carboxylic acids is 2. The molecule has 5 nitrogen and oxygen atoms in total. The molecule has 0 rings (SSSR count). The molecule has 0 aliphatic rings. The third-order valence-electron chi connectivity index (χ3n) is 3.53. The Kier molecular flexibility index (Phi) is 10.8. The second-order valence-electron chi connectivity index (χ2n) is 4.81. The third-order valence-corrected chi connectivity index (χ3v) is 3.53. The van der Waals surface area contributed by atoms with Gasteiger partial charge in [-0.3, -0.25) is 4.79 Å². The summed E-state index contributed by atoms with van der Waals surface area (Å²) < 4.78 is 4.71. The lowest BCUT2D eigenvalue weighted by Crippen LogP contribution is -2.53. The molecule has 0 heterocycles. The molecule has 4 atom stereocenters. The van der Waals surface area contributed by atoms with Crippen molar-refractivity contribution in [2.24, 2.45) is 17.6 Å². The normalized spacial score (nSPS) is 16.5. The first-order chi connectivity index (χ1) is 8.38. The summed E-state index contributed by atoms with van der Waals surface area (Å²) in [5.41, 5.74) is 5.84. The van der Waals surface area contributed by atoms with Crippen LogP contribution in [-0.4, -0.2) is 31.1 Å². The van der Waals surface area contributed by atoms with Crippen LogP contribution >= 0.6 is 12.4 Å². The highest BCUT2D eigenvalue weighted by Gasteiger charge is 2.29. The molecule has 114 valence electrons. The maximum Gasteiger partial charge on any atom is 0.328 e. The molecule has 0 aromatic carbocycles. The Balaban J connectivity index is 0. The van der Waals surface area contributed by atoms with Crippen molar-refractivity contribution in [3.8, 4) is 0 Å². The number of esters is 1. The molecule has 0 spiro atoms. The third kappa shape index (κ3) is 6.25. The van der Waals surface area contributed by atoms with Crippen molar-refractivity contribution in [2.75, 3.05) is 7.11 Å². The number of methoxy groups -OCH3 is 1. The van der Waals surface area contributed by atoms with E-state index in [2.05, 4.69) is 5.32 Å². The van der Waals surface area contributed by atoms with Gasteiger partial charge in [-0.2, -0.15) is 0 Å². The van der Waals surface area contributed by atoms with Gasteiger partial charge in [-0.05, 0) is 11.8 Å². The maximum atomic E-state index is 12.0. The Morgan fingerprint density at radius 1 is 1.16 bits per heavy atom. The van der Waals surface area contributed by atoms with Gasteiger partial charge in [0.2, 0.25) is 5.91 Å². The Hall–Kier alpha value is -0.810. The molecule has 0 radical (unpaired) electrons. The quantitative estimate of drug-likeness (QED) is 0.697. The van der Waals surface area contributed by atoms with Crippen LogP contribution in [0.1, 0.15) is 40.5 Å². The molecular formula is C13H27ClN2O3. The first-order valence-corrected chi connectivity index (χ1v) is 6.52. The van der Waals surface area contributed by atoms with E-state index in [9.17, 15) is 9.59 Å². The average molecular weight is 295 g/mol. The second-order valence-corrected chi connectivity index (χ2v) is 4.81. The van der Waals surface area contributed by atoms with Gasteiger partial charge in [0, 0.05) is 0 Å². The molecule has 19 heavy (non-hydrogen) atoms. The lowest BCUT2D eigenvalue weighted by molar-refractivity contribution is -0.146. The van der Waals surface area contributed by atoms with Crippen molar-refractivity contribution in [3.63, 3.8) is 0 Å². The Bertz CT molecular complexity index is 287. The Labute approximate surface area is 122 Å². The number of ether oxygens (including phenoxy) is 1. The van der Waals surface area contributed by atoms with Gasteiger partial charge >= 0.3 is 5.97 Å². The molecule has 0 saturated carbocycles. The zero-order valence-electron chi connectivity index (χ0n) is 12.4. The number of hydrogen-bond donors (Lipinski definition) is 2. The molecular weight excluding hydrogens is 268 g/mol. The molecule has 0 aliphatic carbocycles. The van der Waals surface area contributed by atoms with E-state index < -0.39 is 18.1 Å². The van der Waals surface area contributed by atoms with Crippen LogP contribution in [-0.2, 0) is 14.3 Å². The monoisotopic (exact) mass is 294 g/mol. The van der Waals surface area contributed by atoms with Gasteiger partial charge in [0.15, 0.2) is 0 Å². The van der Waals surface area contributed by atoms with E-state index in [1.165, 1.54) is 7.11 Å². The van der Waals surface area contributed by atoms with Crippen molar-refractivity contribution in [1.29, 1.82) is 0 Å². The van der Waals surface area contributed by atoms with Crippen molar-refractivity contribution >= 4 is 24.3 Å². The molecule has 3 N–H and O–H groups in total. The highest BCUT2D eigenvalue weighted by Crippen LogP contribution is 2.11. The van der Waals surface area contributed by atoms with E-state index in [1.807, 2.05) is 27.7 Å². The Morgan fingerprint density at radius 3 is 2.00 bits per heavy atom. The van der Waals surface area contributed by atoms with Crippen LogP contribution < -0.4 is 11.1 Å². The number of rotatable bonds is 7. The summed E-state index contributed by atoms with van der Waals surface area (Å²) in [6.07, 6.45) is 1.60. The van der Waals surface area contributed by atoms with Gasteiger partial charge in [0.05, 0.1) is 13.2 Å². The first-order valence-electron chi connectivity index (χ1n) is 6.52. The van der Waals surface area contributed by atoms with Gasteiger partial charge in [-0.25, -0.2) is 4.79 Å². The summed E-state index contributed by atoms with van der Waals surface area (Å²) in [6, 6.07) is -1.21. The van der Waals surface area contributed by atoms with E-state index >= 15 is 0 Å². The Morgan fingerprint density at radius 2 is 1.63 bits per heavy atom. The van der Waals surface area contributed by atoms with E-state index in [0.29, 0.717) is 0 Å². The first kappa shape index (κ1) is 20.5. The second kappa shape index (κ2) is 10.0. The summed E-state index contributed by atoms with van der Waals surface area (Å²) in [4.78, 5) is 23.6. The van der Waals surface area contributed by atoms with Crippen molar-refractivity contribution < 1.29 is 14.3 Å². The summed E-state index contributed by atoms with van der Waals surface area (Å²) in [5, 5.41) is 2.69.